The molecule has 2 N–H and O–H groups in total. The highest BCUT2D eigenvalue weighted by Crippen LogP contribution is 2.33. The lowest BCUT2D eigenvalue weighted by atomic mass is 9.91. The van der Waals surface area contributed by atoms with Crippen molar-refractivity contribution in [3.8, 4) is 0 Å². The minimum absolute atomic E-state index is 0.0465. The van der Waals surface area contributed by atoms with Crippen LogP contribution in [0.3, 0.4) is 0 Å². The second kappa shape index (κ2) is 10.7. The summed E-state index contributed by atoms with van der Waals surface area (Å²) in [5.41, 5.74) is 3.59. The fraction of sp³-hybridized carbons (Fsp3) is 0.476. The lowest BCUT2D eigenvalue weighted by Crippen LogP contribution is -2.09. The molecule has 1 aromatic heterocycles. The zero-order chi connectivity index (χ0) is 20.5. The molecule has 7 heteroatoms. The summed E-state index contributed by atoms with van der Waals surface area (Å²) in [6.07, 6.45) is 4.16. The van der Waals surface area contributed by atoms with E-state index >= 15 is 0 Å². The number of aromatic nitrogens is 2. The number of rotatable bonds is 11. The van der Waals surface area contributed by atoms with Crippen molar-refractivity contribution in [2.45, 2.75) is 52.2 Å². The number of nitrogens with zero attached hydrogens (tertiary/aromatic N) is 2. The van der Waals surface area contributed by atoms with E-state index < -0.39 is 5.97 Å². The van der Waals surface area contributed by atoms with Crippen LogP contribution in [-0.4, -0.2) is 34.8 Å². The van der Waals surface area contributed by atoms with Crippen LogP contribution >= 0.6 is 0 Å². The molecule has 0 spiro atoms. The number of ether oxygens (including phenoxy) is 2. The number of nitrogens with one attached hydrogen (secondary N) is 1. The maximum absolute atomic E-state index is 11.2. The summed E-state index contributed by atoms with van der Waals surface area (Å²) in [5.74, 6) is -0.234. The molecule has 0 aliphatic carbocycles. The minimum atomic E-state index is -0.796. The summed E-state index contributed by atoms with van der Waals surface area (Å²) in [6.45, 7) is 6.92. The molecule has 1 aromatic carbocycles. The van der Waals surface area contributed by atoms with Crippen LogP contribution < -0.4 is 5.32 Å². The Morgan fingerprint density at radius 1 is 1.25 bits per heavy atom. The molecular formula is C21H29N3O4. The minimum Gasteiger partial charge on any atom is -0.481 e. The third-order valence-electron chi connectivity index (χ3n) is 4.57. The Kier molecular flexibility index (Phi) is 8.35. The molecule has 0 amide bonds. The van der Waals surface area contributed by atoms with Crippen molar-refractivity contribution in [1.29, 1.82) is 0 Å². The second-order valence-corrected chi connectivity index (χ2v) is 6.59. The molecule has 2 rings (SSSR count). The molecule has 0 saturated heterocycles. The molecule has 28 heavy (non-hydrogen) atoms. The monoisotopic (exact) mass is 387 g/mol. The highest BCUT2D eigenvalue weighted by molar-refractivity contribution is 5.69. The van der Waals surface area contributed by atoms with Gasteiger partial charge in [-0.05, 0) is 37.8 Å². The van der Waals surface area contributed by atoms with Crippen LogP contribution in [-0.2, 0) is 20.9 Å². The van der Waals surface area contributed by atoms with Gasteiger partial charge >= 0.3 is 5.97 Å². The molecule has 0 bridgehead atoms. The van der Waals surface area contributed by atoms with E-state index in [1.165, 1.54) is 0 Å². The predicted octanol–water partition coefficient (Wildman–Crippen LogP) is 4.43. The van der Waals surface area contributed by atoms with Crippen molar-refractivity contribution >= 4 is 17.3 Å². The summed E-state index contributed by atoms with van der Waals surface area (Å²) in [7, 11) is 1.60. The van der Waals surface area contributed by atoms with Crippen molar-refractivity contribution in [3.63, 3.8) is 0 Å². The number of hydrogen-bond acceptors (Lipinski definition) is 6. The normalized spacial score (nSPS) is 13.1. The summed E-state index contributed by atoms with van der Waals surface area (Å²) in [6, 6.07) is 6.00. The largest absolute Gasteiger partial charge is 0.481 e. The van der Waals surface area contributed by atoms with E-state index in [0.717, 1.165) is 28.9 Å². The fourth-order valence-electron chi connectivity index (χ4n) is 3.12. The topological polar surface area (TPSA) is 93.6 Å². The first kappa shape index (κ1) is 21.8. The van der Waals surface area contributed by atoms with Crippen molar-refractivity contribution < 1.29 is 19.4 Å². The van der Waals surface area contributed by atoms with Gasteiger partial charge in [-0.25, -0.2) is 9.97 Å². The van der Waals surface area contributed by atoms with Crippen LogP contribution in [0.4, 0.5) is 11.4 Å². The highest BCUT2D eigenvalue weighted by Gasteiger charge is 2.18. The molecule has 7 nitrogen and oxygen atoms in total. The smallest absolute Gasteiger partial charge is 0.303 e. The number of hydrogen-bond donors (Lipinski definition) is 2. The average Bonchev–Trinajstić information content (AvgIpc) is 2.68. The number of benzene rings is 1. The molecule has 1 heterocycles. The van der Waals surface area contributed by atoms with E-state index in [-0.39, 0.29) is 18.4 Å². The second-order valence-electron chi connectivity index (χ2n) is 6.59. The Hall–Kier alpha value is -2.51. The molecule has 152 valence electrons. The standard InChI is InChI=1S/C21H29N3O4/c1-5-15(10-21(25)26)16-7-8-18(14(3)28-6-2)19(9-16)24-17-11-22-20(13-27-4)23-12-17/h7-9,11-12,14-15,24H,5-6,10,13H2,1-4H3,(H,25,26)/t14-,15-/m1/s1. The third-order valence-corrected chi connectivity index (χ3v) is 4.57. The quantitative estimate of drug-likeness (QED) is 0.589. The van der Waals surface area contributed by atoms with Gasteiger partial charge in [0.15, 0.2) is 5.82 Å². The van der Waals surface area contributed by atoms with Crippen LogP contribution in [0.5, 0.6) is 0 Å². The van der Waals surface area contributed by atoms with Crippen LogP contribution in [0.25, 0.3) is 0 Å². The number of carboxylic acids is 1. The van der Waals surface area contributed by atoms with E-state index in [2.05, 4.69) is 15.3 Å². The van der Waals surface area contributed by atoms with E-state index in [1.54, 1.807) is 19.5 Å². The Morgan fingerprint density at radius 3 is 2.54 bits per heavy atom. The first-order valence-electron chi connectivity index (χ1n) is 9.52. The van der Waals surface area contributed by atoms with Crippen LogP contribution in [0.1, 0.15) is 62.6 Å². The van der Waals surface area contributed by atoms with Gasteiger partial charge in [0.05, 0.1) is 30.6 Å². The Bertz CT molecular complexity index is 765. The van der Waals surface area contributed by atoms with Gasteiger partial charge in [0.25, 0.3) is 0 Å². The lowest BCUT2D eigenvalue weighted by molar-refractivity contribution is -0.137. The first-order valence-corrected chi connectivity index (χ1v) is 9.52. The van der Waals surface area contributed by atoms with Crippen molar-refractivity contribution in [3.05, 3.63) is 47.5 Å². The SMILES string of the molecule is CCO[C@H](C)c1ccc([C@H](CC)CC(=O)O)cc1Nc1cnc(COC)nc1. The molecule has 0 unspecified atom stereocenters. The molecule has 2 aromatic rings. The van der Waals surface area contributed by atoms with Crippen LogP contribution in [0, 0.1) is 0 Å². The number of anilines is 2. The maximum Gasteiger partial charge on any atom is 0.303 e. The first-order chi connectivity index (χ1) is 13.5. The molecule has 0 aliphatic rings. The fourth-order valence-corrected chi connectivity index (χ4v) is 3.12. The number of methoxy groups -OCH3 is 1. The van der Waals surface area contributed by atoms with Gasteiger partial charge in [0.1, 0.15) is 6.61 Å². The van der Waals surface area contributed by atoms with Gasteiger partial charge in [-0.15, -0.1) is 0 Å². The van der Waals surface area contributed by atoms with E-state index in [4.69, 9.17) is 9.47 Å². The molecule has 2 atom stereocenters. The van der Waals surface area contributed by atoms with Crippen LogP contribution in [0.15, 0.2) is 30.6 Å². The summed E-state index contributed by atoms with van der Waals surface area (Å²) in [5, 5.41) is 12.6. The summed E-state index contributed by atoms with van der Waals surface area (Å²) >= 11 is 0. The van der Waals surface area contributed by atoms with Gasteiger partial charge in [-0.3, -0.25) is 4.79 Å². The molecule has 0 radical (unpaired) electrons. The number of aliphatic carboxylic acids is 1. The van der Waals surface area contributed by atoms with E-state index in [1.807, 2.05) is 39.0 Å². The van der Waals surface area contributed by atoms with Gasteiger partial charge in [-0.1, -0.05) is 19.1 Å². The molecule has 0 fully saturated rings. The van der Waals surface area contributed by atoms with Crippen molar-refractivity contribution in [1.82, 2.24) is 9.97 Å². The van der Waals surface area contributed by atoms with Crippen molar-refractivity contribution in [2.75, 3.05) is 19.0 Å². The Labute approximate surface area is 166 Å². The molecule has 0 aliphatic heterocycles. The van der Waals surface area contributed by atoms with Gasteiger partial charge in [0.2, 0.25) is 0 Å². The maximum atomic E-state index is 11.2. The summed E-state index contributed by atoms with van der Waals surface area (Å²) in [4.78, 5) is 19.8. The van der Waals surface area contributed by atoms with Gasteiger partial charge in [0, 0.05) is 25.0 Å². The number of carbonyl (C=O) groups is 1. The predicted molar refractivity (Wildman–Crippen MR) is 108 cm³/mol. The molecular weight excluding hydrogens is 358 g/mol. The van der Waals surface area contributed by atoms with E-state index in [9.17, 15) is 9.90 Å². The van der Waals surface area contributed by atoms with E-state index in [0.29, 0.717) is 19.0 Å². The highest BCUT2D eigenvalue weighted by atomic mass is 16.5. The lowest BCUT2D eigenvalue weighted by Gasteiger charge is -2.21. The zero-order valence-corrected chi connectivity index (χ0v) is 16.9. The Morgan fingerprint density at radius 2 is 1.96 bits per heavy atom. The third kappa shape index (κ3) is 6.00. The Balaban J connectivity index is 2.35. The molecule has 0 saturated carbocycles. The zero-order valence-electron chi connectivity index (χ0n) is 16.9. The summed E-state index contributed by atoms with van der Waals surface area (Å²) < 4.78 is 10.8. The van der Waals surface area contributed by atoms with Crippen LogP contribution in [0.2, 0.25) is 0 Å². The average molecular weight is 387 g/mol. The van der Waals surface area contributed by atoms with Crippen molar-refractivity contribution in [2.24, 2.45) is 0 Å². The van der Waals surface area contributed by atoms with Gasteiger partial charge in [-0.2, -0.15) is 0 Å². The number of carboxylic acid groups (broad SMARTS) is 1. The van der Waals surface area contributed by atoms with Gasteiger partial charge < -0.3 is 19.9 Å².